The largest absolute Gasteiger partial charge is 0.291 e. The van der Waals surface area contributed by atoms with Crippen molar-refractivity contribution in [2.45, 2.75) is 42.1 Å². The average Bonchev–Trinajstić information content (AvgIpc) is 3.58. The molecule has 0 amide bonds. The van der Waals surface area contributed by atoms with E-state index in [1.165, 1.54) is 24.4 Å². The van der Waals surface area contributed by atoms with Crippen LogP contribution in [-0.4, -0.2) is 38.6 Å². The second-order valence-corrected chi connectivity index (χ2v) is 12.9. The van der Waals surface area contributed by atoms with Gasteiger partial charge in [0.15, 0.2) is 15.6 Å². The average molecular weight is 535 g/mol. The Hall–Kier alpha value is -3.50. The Morgan fingerprint density at radius 2 is 1.97 bits per heavy atom. The number of halogens is 1. The van der Waals surface area contributed by atoms with Crippen LogP contribution >= 0.6 is 11.5 Å². The lowest BCUT2D eigenvalue weighted by molar-refractivity contribution is 0.0796. The van der Waals surface area contributed by atoms with E-state index in [0.29, 0.717) is 30.6 Å². The summed E-state index contributed by atoms with van der Waals surface area (Å²) in [4.78, 5) is 18.6. The van der Waals surface area contributed by atoms with Gasteiger partial charge in [-0.15, -0.1) is 0 Å². The summed E-state index contributed by atoms with van der Waals surface area (Å²) in [6.07, 6.45) is 8.12. The zero-order valence-corrected chi connectivity index (χ0v) is 21.6. The first-order valence-corrected chi connectivity index (χ1v) is 14.3. The number of sulfone groups is 1. The molecule has 188 valence electrons. The molecular formula is C27H23FN4O3S2. The van der Waals surface area contributed by atoms with Gasteiger partial charge in [-0.05, 0) is 104 Å². The van der Waals surface area contributed by atoms with E-state index in [4.69, 9.17) is 0 Å². The number of hydrogen-bond donors (Lipinski definition) is 0. The number of benzene rings is 1. The monoisotopic (exact) mass is 534 g/mol. The minimum atomic E-state index is -3.65. The number of ketones is 1. The van der Waals surface area contributed by atoms with E-state index in [2.05, 4.69) is 14.5 Å². The first-order chi connectivity index (χ1) is 17.8. The van der Waals surface area contributed by atoms with Crippen LogP contribution in [0.4, 0.5) is 4.39 Å². The van der Waals surface area contributed by atoms with Crippen molar-refractivity contribution in [3.05, 3.63) is 95.0 Å². The molecule has 1 fully saturated rings. The molecule has 0 aliphatic heterocycles. The van der Waals surface area contributed by atoms with Crippen LogP contribution in [0.3, 0.4) is 0 Å². The Morgan fingerprint density at radius 3 is 2.70 bits per heavy atom. The molecule has 0 spiro atoms. The highest BCUT2D eigenvalue weighted by Gasteiger charge is 2.52. The van der Waals surface area contributed by atoms with Crippen LogP contribution in [0.25, 0.3) is 11.8 Å². The lowest BCUT2D eigenvalue weighted by atomic mass is 9.61. The smallest absolute Gasteiger partial charge is 0.192 e. The highest BCUT2D eigenvalue weighted by molar-refractivity contribution is 7.94. The van der Waals surface area contributed by atoms with E-state index in [1.807, 2.05) is 19.1 Å². The number of fused-ring (bicyclic) bond motifs is 2. The van der Waals surface area contributed by atoms with Crippen LogP contribution < -0.4 is 0 Å². The highest BCUT2D eigenvalue weighted by Crippen LogP contribution is 2.52. The van der Waals surface area contributed by atoms with Crippen LogP contribution in [-0.2, 0) is 16.3 Å². The summed E-state index contributed by atoms with van der Waals surface area (Å²) < 4.78 is 46.5. The Labute approximate surface area is 217 Å². The van der Waals surface area contributed by atoms with Gasteiger partial charge in [-0.2, -0.15) is 9.47 Å². The SMILES string of the molecule is Cc1ccnc(C(=O)[C@]23Cc4cnn(-c5ccc(F)cc5)c4C=C2CCC(S(=O)(=O)c2ccns2)C3)c1. The maximum Gasteiger partial charge on any atom is 0.192 e. The number of Topliss-reactive ketones (excluding diaryl/α,β-unsaturated/α-hetero) is 1. The van der Waals surface area contributed by atoms with Gasteiger partial charge in [0.2, 0.25) is 0 Å². The molecule has 7 nitrogen and oxygen atoms in total. The molecule has 1 aromatic carbocycles. The third kappa shape index (κ3) is 3.95. The predicted octanol–water partition coefficient (Wildman–Crippen LogP) is 5.01. The molecule has 1 saturated carbocycles. The second kappa shape index (κ2) is 8.81. The summed E-state index contributed by atoms with van der Waals surface area (Å²) in [5.41, 5.74) is 3.44. The fraction of sp³-hybridized carbons (Fsp3) is 0.259. The number of carbonyl (C=O) groups excluding carboxylic acids is 1. The molecule has 3 aromatic heterocycles. The van der Waals surface area contributed by atoms with Crippen molar-refractivity contribution in [3.8, 4) is 5.69 Å². The maximum atomic E-state index is 14.2. The second-order valence-electron chi connectivity index (χ2n) is 9.66. The van der Waals surface area contributed by atoms with Crippen molar-refractivity contribution in [2.24, 2.45) is 5.41 Å². The fourth-order valence-corrected chi connectivity index (χ4v) is 8.35. The number of aryl methyl sites for hydroxylation is 1. The van der Waals surface area contributed by atoms with Gasteiger partial charge in [-0.3, -0.25) is 9.78 Å². The van der Waals surface area contributed by atoms with Crippen LogP contribution in [0.15, 0.2) is 70.8 Å². The molecule has 37 heavy (non-hydrogen) atoms. The first-order valence-electron chi connectivity index (χ1n) is 11.9. The molecule has 1 unspecified atom stereocenters. The van der Waals surface area contributed by atoms with Gasteiger partial charge >= 0.3 is 0 Å². The number of allylic oxidation sites excluding steroid dienone is 1. The number of aromatic nitrogens is 4. The molecule has 0 radical (unpaired) electrons. The summed E-state index contributed by atoms with van der Waals surface area (Å²) in [7, 11) is -3.65. The Bertz CT molecular complexity index is 1640. The summed E-state index contributed by atoms with van der Waals surface area (Å²) in [5.74, 6) is -0.509. The van der Waals surface area contributed by atoms with Crippen molar-refractivity contribution < 1.29 is 17.6 Å². The topological polar surface area (TPSA) is 94.8 Å². The minimum absolute atomic E-state index is 0.161. The molecule has 2 atom stereocenters. The maximum absolute atomic E-state index is 14.2. The zero-order valence-electron chi connectivity index (χ0n) is 20.0. The third-order valence-electron chi connectivity index (χ3n) is 7.40. The van der Waals surface area contributed by atoms with Crippen molar-refractivity contribution >= 4 is 33.2 Å². The van der Waals surface area contributed by atoms with E-state index >= 15 is 0 Å². The lowest BCUT2D eigenvalue weighted by Gasteiger charge is -2.43. The summed E-state index contributed by atoms with van der Waals surface area (Å²) in [6, 6.07) is 11.2. The van der Waals surface area contributed by atoms with Crippen molar-refractivity contribution in [2.75, 3.05) is 0 Å². The van der Waals surface area contributed by atoms with Crippen molar-refractivity contribution in [1.82, 2.24) is 19.1 Å². The fourth-order valence-electron chi connectivity index (χ4n) is 5.54. The number of nitrogens with zero attached hydrogens (tertiary/aromatic N) is 4. The molecule has 2 aliphatic rings. The molecule has 10 heteroatoms. The van der Waals surface area contributed by atoms with Gasteiger partial charge < -0.3 is 0 Å². The Morgan fingerprint density at radius 1 is 1.16 bits per heavy atom. The Balaban J connectivity index is 1.47. The molecular weight excluding hydrogens is 511 g/mol. The minimum Gasteiger partial charge on any atom is -0.291 e. The number of pyridine rings is 1. The molecule has 2 aliphatic carbocycles. The third-order valence-corrected chi connectivity index (χ3v) is 10.8. The Kier molecular flexibility index (Phi) is 5.68. The van der Waals surface area contributed by atoms with E-state index in [-0.39, 0.29) is 22.2 Å². The van der Waals surface area contributed by atoms with Crippen LogP contribution in [0.5, 0.6) is 0 Å². The van der Waals surface area contributed by atoms with Gasteiger partial charge in [0.1, 0.15) is 15.7 Å². The van der Waals surface area contributed by atoms with Crippen LogP contribution in [0.1, 0.15) is 46.6 Å². The normalized spacial score (nSPS) is 21.1. The molecule has 0 bridgehead atoms. The standard InChI is InChI=1S/C27H23FN4O3S2/c1-17-8-10-29-23(12-17)26(33)27-14-18-16-30-32(21-5-3-20(28)4-6-21)24(18)13-19(27)2-7-22(15-27)37(34,35)25-9-11-31-36-25/h3-6,8-13,16,22H,2,7,14-15H2,1H3/t22?,27-/m0/s1. The van der Waals surface area contributed by atoms with Gasteiger partial charge in [-0.1, -0.05) is 5.57 Å². The zero-order chi connectivity index (χ0) is 25.8. The van der Waals surface area contributed by atoms with Gasteiger partial charge in [-0.25, -0.2) is 17.5 Å². The molecule has 6 rings (SSSR count). The summed E-state index contributed by atoms with van der Waals surface area (Å²) >= 11 is 0.959. The van der Waals surface area contributed by atoms with Gasteiger partial charge in [0.05, 0.1) is 28.2 Å². The lowest BCUT2D eigenvalue weighted by Crippen LogP contribution is -2.45. The molecule has 4 aromatic rings. The van der Waals surface area contributed by atoms with Gasteiger partial charge in [0.25, 0.3) is 0 Å². The number of rotatable bonds is 5. The van der Waals surface area contributed by atoms with E-state index in [0.717, 1.165) is 33.9 Å². The number of hydrogen-bond acceptors (Lipinski definition) is 7. The predicted molar refractivity (Wildman–Crippen MR) is 138 cm³/mol. The number of carbonyl (C=O) groups is 1. The molecule has 0 N–H and O–H groups in total. The summed E-state index contributed by atoms with van der Waals surface area (Å²) in [6.45, 7) is 1.90. The molecule has 3 heterocycles. The summed E-state index contributed by atoms with van der Waals surface area (Å²) in [5, 5.41) is 3.82. The van der Waals surface area contributed by atoms with E-state index in [9.17, 15) is 17.6 Å². The van der Waals surface area contributed by atoms with E-state index < -0.39 is 20.5 Å². The van der Waals surface area contributed by atoms with Crippen molar-refractivity contribution in [3.63, 3.8) is 0 Å². The van der Waals surface area contributed by atoms with Crippen LogP contribution in [0.2, 0.25) is 0 Å². The van der Waals surface area contributed by atoms with Crippen molar-refractivity contribution in [1.29, 1.82) is 0 Å². The molecule has 0 saturated heterocycles. The highest BCUT2D eigenvalue weighted by atomic mass is 32.2. The van der Waals surface area contributed by atoms with Crippen LogP contribution in [0, 0.1) is 18.2 Å². The van der Waals surface area contributed by atoms with Gasteiger partial charge in [0, 0.05) is 12.4 Å². The van der Waals surface area contributed by atoms with E-state index in [1.54, 1.807) is 35.3 Å². The first kappa shape index (κ1) is 23.9. The quantitative estimate of drug-likeness (QED) is 0.334.